The normalized spacial score (nSPS) is 12.5. The molecule has 2 N–H and O–H groups in total. The lowest BCUT2D eigenvalue weighted by Gasteiger charge is -2.09. The van der Waals surface area contributed by atoms with Gasteiger partial charge in [-0.2, -0.15) is 0 Å². The summed E-state index contributed by atoms with van der Waals surface area (Å²) >= 11 is 0. The summed E-state index contributed by atoms with van der Waals surface area (Å²) in [7, 11) is 0. The van der Waals surface area contributed by atoms with Crippen LogP contribution < -0.4 is 5.32 Å². The molecular weight excluding hydrogens is 197 g/mol. The van der Waals surface area contributed by atoms with Gasteiger partial charge in [0, 0.05) is 6.54 Å². The maximum atomic E-state index is 12.9. The molecule has 1 aromatic carbocycles. The molecule has 0 spiro atoms. The summed E-state index contributed by atoms with van der Waals surface area (Å²) in [5.74, 6) is -1.14. The van der Waals surface area contributed by atoms with Gasteiger partial charge >= 0.3 is 5.97 Å². The minimum absolute atomic E-state index is 0.245. The molecule has 1 rings (SSSR count). The highest BCUT2D eigenvalue weighted by molar-refractivity contribution is 5.72. The van der Waals surface area contributed by atoms with E-state index >= 15 is 0 Å². The van der Waals surface area contributed by atoms with Crippen LogP contribution in [0.2, 0.25) is 0 Å². The number of nitrogens with one attached hydrogen (secondary N) is 1. The van der Waals surface area contributed by atoms with Crippen molar-refractivity contribution in [2.75, 3.05) is 0 Å². The van der Waals surface area contributed by atoms with Gasteiger partial charge in [0.05, 0.1) is 0 Å². The zero-order valence-corrected chi connectivity index (χ0v) is 8.75. The van der Waals surface area contributed by atoms with Crippen molar-refractivity contribution < 1.29 is 14.3 Å². The summed E-state index contributed by atoms with van der Waals surface area (Å²) in [6.45, 7) is 3.67. The van der Waals surface area contributed by atoms with Gasteiger partial charge in [0.1, 0.15) is 11.9 Å². The number of aryl methyl sites for hydroxylation is 1. The van der Waals surface area contributed by atoms with Crippen molar-refractivity contribution >= 4 is 5.97 Å². The number of aliphatic carboxylic acids is 1. The van der Waals surface area contributed by atoms with Gasteiger partial charge in [-0.05, 0) is 31.0 Å². The third-order valence-electron chi connectivity index (χ3n) is 2.21. The molecule has 1 unspecified atom stereocenters. The highest BCUT2D eigenvalue weighted by Gasteiger charge is 2.09. The molecular formula is C11H14FNO2. The molecule has 4 heteroatoms. The molecule has 3 nitrogen and oxygen atoms in total. The highest BCUT2D eigenvalue weighted by Crippen LogP contribution is 2.09. The smallest absolute Gasteiger partial charge is 0.320 e. The van der Waals surface area contributed by atoms with Gasteiger partial charge in [-0.1, -0.05) is 12.1 Å². The summed E-state index contributed by atoms with van der Waals surface area (Å²) in [6, 6.07) is 4.13. The summed E-state index contributed by atoms with van der Waals surface area (Å²) < 4.78 is 12.9. The summed E-state index contributed by atoms with van der Waals surface area (Å²) in [4.78, 5) is 10.5. The van der Waals surface area contributed by atoms with E-state index in [1.807, 2.05) is 0 Å². The molecule has 0 aliphatic carbocycles. The second kappa shape index (κ2) is 4.89. The lowest BCUT2D eigenvalue weighted by molar-refractivity contribution is -0.139. The molecule has 0 aliphatic heterocycles. The molecule has 15 heavy (non-hydrogen) atoms. The Morgan fingerprint density at radius 2 is 2.27 bits per heavy atom. The Hall–Kier alpha value is -1.42. The molecule has 0 amide bonds. The average Bonchev–Trinajstić information content (AvgIpc) is 2.19. The Bertz CT molecular complexity index is 366. The molecule has 0 bridgehead atoms. The van der Waals surface area contributed by atoms with E-state index in [4.69, 9.17) is 5.11 Å². The Morgan fingerprint density at radius 1 is 1.60 bits per heavy atom. The number of carboxylic acid groups (broad SMARTS) is 1. The zero-order chi connectivity index (χ0) is 11.4. The third kappa shape index (κ3) is 3.32. The first-order valence-corrected chi connectivity index (χ1v) is 4.72. The molecule has 0 saturated heterocycles. The zero-order valence-electron chi connectivity index (χ0n) is 8.75. The first-order chi connectivity index (χ1) is 7.00. The van der Waals surface area contributed by atoms with Crippen LogP contribution in [0.1, 0.15) is 18.1 Å². The van der Waals surface area contributed by atoms with Crippen LogP contribution in [0.5, 0.6) is 0 Å². The number of benzene rings is 1. The second-order valence-electron chi connectivity index (χ2n) is 3.52. The fourth-order valence-electron chi connectivity index (χ4n) is 1.18. The van der Waals surface area contributed by atoms with Crippen molar-refractivity contribution in [2.24, 2.45) is 0 Å². The molecule has 0 aliphatic rings. The van der Waals surface area contributed by atoms with Crippen LogP contribution in [0.4, 0.5) is 4.39 Å². The van der Waals surface area contributed by atoms with Crippen molar-refractivity contribution in [3.05, 3.63) is 35.1 Å². The maximum Gasteiger partial charge on any atom is 0.320 e. The lowest BCUT2D eigenvalue weighted by atomic mass is 10.1. The molecule has 82 valence electrons. The van der Waals surface area contributed by atoms with Crippen molar-refractivity contribution in [1.82, 2.24) is 5.32 Å². The van der Waals surface area contributed by atoms with Gasteiger partial charge in [-0.15, -0.1) is 0 Å². The van der Waals surface area contributed by atoms with E-state index in [9.17, 15) is 9.18 Å². The monoisotopic (exact) mass is 211 g/mol. The Balaban J connectivity index is 2.58. The summed E-state index contributed by atoms with van der Waals surface area (Å²) in [5, 5.41) is 11.5. The van der Waals surface area contributed by atoms with Crippen LogP contribution >= 0.6 is 0 Å². The van der Waals surface area contributed by atoms with E-state index in [2.05, 4.69) is 5.32 Å². The largest absolute Gasteiger partial charge is 0.480 e. The minimum atomic E-state index is -0.895. The Morgan fingerprint density at radius 3 is 2.80 bits per heavy atom. The van der Waals surface area contributed by atoms with Gasteiger partial charge in [-0.3, -0.25) is 4.79 Å². The second-order valence-corrected chi connectivity index (χ2v) is 3.52. The number of hydrogen-bond donors (Lipinski definition) is 2. The lowest BCUT2D eigenvalue weighted by Crippen LogP contribution is -2.33. The van der Waals surface area contributed by atoms with Crippen molar-refractivity contribution in [3.63, 3.8) is 0 Å². The fourth-order valence-corrected chi connectivity index (χ4v) is 1.18. The number of hydrogen-bond acceptors (Lipinski definition) is 2. The van der Waals surface area contributed by atoms with Crippen molar-refractivity contribution in [2.45, 2.75) is 26.4 Å². The molecule has 1 atom stereocenters. The molecule has 0 radical (unpaired) electrons. The van der Waals surface area contributed by atoms with Crippen LogP contribution in [0.3, 0.4) is 0 Å². The van der Waals surface area contributed by atoms with E-state index in [1.165, 1.54) is 6.07 Å². The van der Waals surface area contributed by atoms with E-state index in [-0.39, 0.29) is 5.82 Å². The standard InChI is InChI=1S/C11H14FNO2/c1-7-5-9(3-4-10(7)12)6-13-8(2)11(14)15/h3-5,8,13H,6H2,1-2H3,(H,14,15). The molecule has 0 aromatic heterocycles. The van der Waals surface area contributed by atoms with E-state index in [1.54, 1.807) is 26.0 Å². The Labute approximate surface area is 87.9 Å². The number of carboxylic acids is 1. The van der Waals surface area contributed by atoms with Crippen LogP contribution in [-0.2, 0) is 11.3 Å². The predicted molar refractivity (Wildman–Crippen MR) is 55.1 cm³/mol. The Kier molecular flexibility index (Phi) is 3.80. The third-order valence-corrected chi connectivity index (χ3v) is 2.21. The molecule has 0 fully saturated rings. The summed E-state index contributed by atoms with van der Waals surface area (Å²) in [6.07, 6.45) is 0. The van der Waals surface area contributed by atoms with Crippen LogP contribution in [0, 0.1) is 12.7 Å². The SMILES string of the molecule is Cc1cc(CNC(C)C(=O)O)ccc1F. The van der Waals surface area contributed by atoms with E-state index in [0.717, 1.165) is 5.56 Å². The average molecular weight is 211 g/mol. The maximum absolute atomic E-state index is 12.9. The van der Waals surface area contributed by atoms with E-state index < -0.39 is 12.0 Å². The predicted octanol–water partition coefficient (Wildman–Crippen LogP) is 1.70. The van der Waals surface area contributed by atoms with Crippen LogP contribution in [0.25, 0.3) is 0 Å². The fraction of sp³-hybridized carbons (Fsp3) is 0.364. The van der Waals surface area contributed by atoms with Gasteiger partial charge in [0.2, 0.25) is 0 Å². The molecule has 1 aromatic rings. The van der Waals surface area contributed by atoms with Crippen molar-refractivity contribution in [3.8, 4) is 0 Å². The van der Waals surface area contributed by atoms with Gasteiger partial charge in [0.25, 0.3) is 0 Å². The number of rotatable bonds is 4. The van der Waals surface area contributed by atoms with Crippen LogP contribution in [-0.4, -0.2) is 17.1 Å². The number of carbonyl (C=O) groups is 1. The van der Waals surface area contributed by atoms with E-state index in [0.29, 0.717) is 12.1 Å². The number of halogens is 1. The van der Waals surface area contributed by atoms with Gasteiger partial charge in [0.15, 0.2) is 0 Å². The van der Waals surface area contributed by atoms with Crippen molar-refractivity contribution in [1.29, 1.82) is 0 Å². The quantitative estimate of drug-likeness (QED) is 0.796. The highest BCUT2D eigenvalue weighted by atomic mass is 19.1. The molecule has 0 saturated carbocycles. The van der Waals surface area contributed by atoms with Gasteiger partial charge in [-0.25, -0.2) is 4.39 Å². The first kappa shape index (κ1) is 11.7. The van der Waals surface area contributed by atoms with Gasteiger partial charge < -0.3 is 10.4 Å². The van der Waals surface area contributed by atoms with Crippen LogP contribution in [0.15, 0.2) is 18.2 Å². The summed E-state index contributed by atoms with van der Waals surface area (Å²) in [5.41, 5.74) is 1.44. The molecule has 0 heterocycles. The topological polar surface area (TPSA) is 49.3 Å². The minimum Gasteiger partial charge on any atom is -0.480 e. The first-order valence-electron chi connectivity index (χ1n) is 4.72.